The second-order valence-electron chi connectivity index (χ2n) is 2.91. The minimum absolute atomic E-state index is 0. The van der Waals surface area contributed by atoms with Crippen LogP contribution in [0.15, 0.2) is 59.5 Å². The normalized spacial score (nSPS) is 9.13. The Morgan fingerprint density at radius 1 is 0.800 bits per heavy atom. The quantitative estimate of drug-likeness (QED) is 0.572. The van der Waals surface area contributed by atoms with Crippen LogP contribution in [0.2, 0.25) is 0 Å². The van der Waals surface area contributed by atoms with Gasteiger partial charge in [-0.25, -0.2) is 0 Å². The third-order valence-electron chi connectivity index (χ3n) is 1.82. The standard InChI is InChI=1S/C12H10OS.Li.H/c14-12-8-6-11(7-9-12)13-10-4-2-1-3-5-10;;/h1-9,14H;;/q;+1;-1. The van der Waals surface area contributed by atoms with E-state index in [1.807, 2.05) is 54.6 Å². The van der Waals surface area contributed by atoms with Crippen LogP contribution in [0, 0.1) is 0 Å². The molecule has 2 aromatic carbocycles. The summed E-state index contributed by atoms with van der Waals surface area (Å²) in [5.74, 6) is 1.67. The molecule has 2 rings (SSSR count). The van der Waals surface area contributed by atoms with Gasteiger partial charge in [0.05, 0.1) is 0 Å². The van der Waals surface area contributed by atoms with Gasteiger partial charge in [0.2, 0.25) is 0 Å². The molecule has 0 N–H and O–H groups in total. The van der Waals surface area contributed by atoms with Crippen LogP contribution >= 0.6 is 12.6 Å². The summed E-state index contributed by atoms with van der Waals surface area (Å²) >= 11 is 4.20. The third-order valence-corrected chi connectivity index (χ3v) is 2.11. The molecule has 0 unspecified atom stereocenters. The first-order chi connectivity index (χ1) is 6.84. The van der Waals surface area contributed by atoms with Crippen LogP contribution < -0.4 is 23.6 Å². The molecule has 0 amide bonds. The third kappa shape index (κ3) is 3.68. The Morgan fingerprint density at radius 3 is 1.93 bits per heavy atom. The maximum absolute atomic E-state index is 5.60. The van der Waals surface area contributed by atoms with Crippen molar-refractivity contribution in [1.82, 2.24) is 0 Å². The van der Waals surface area contributed by atoms with E-state index in [-0.39, 0.29) is 20.3 Å². The van der Waals surface area contributed by atoms with E-state index in [1.54, 1.807) is 0 Å². The van der Waals surface area contributed by atoms with Gasteiger partial charge in [-0.2, -0.15) is 0 Å². The number of thiol groups is 1. The van der Waals surface area contributed by atoms with Gasteiger partial charge in [-0.1, -0.05) is 18.2 Å². The van der Waals surface area contributed by atoms with Crippen molar-refractivity contribution in [2.45, 2.75) is 4.90 Å². The zero-order valence-corrected chi connectivity index (χ0v) is 9.45. The maximum atomic E-state index is 5.60. The largest absolute Gasteiger partial charge is 1.00 e. The first-order valence-electron chi connectivity index (χ1n) is 4.36. The number of para-hydroxylation sites is 1. The van der Waals surface area contributed by atoms with Crippen LogP contribution in [0.4, 0.5) is 0 Å². The topological polar surface area (TPSA) is 9.23 Å². The molecule has 0 saturated carbocycles. The molecule has 3 heteroatoms. The minimum atomic E-state index is 0. The van der Waals surface area contributed by atoms with Gasteiger partial charge in [0, 0.05) is 4.90 Å². The molecule has 0 atom stereocenters. The summed E-state index contributed by atoms with van der Waals surface area (Å²) in [6.07, 6.45) is 0. The van der Waals surface area contributed by atoms with Crippen molar-refractivity contribution in [2.24, 2.45) is 0 Å². The summed E-state index contributed by atoms with van der Waals surface area (Å²) in [6.45, 7) is 0. The fourth-order valence-electron chi connectivity index (χ4n) is 1.14. The Bertz CT molecular complexity index is 405. The van der Waals surface area contributed by atoms with Crippen molar-refractivity contribution in [3.05, 3.63) is 54.6 Å². The van der Waals surface area contributed by atoms with Crippen LogP contribution in [-0.4, -0.2) is 0 Å². The number of rotatable bonds is 2. The van der Waals surface area contributed by atoms with Crippen LogP contribution in [-0.2, 0) is 0 Å². The second-order valence-corrected chi connectivity index (χ2v) is 3.43. The summed E-state index contributed by atoms with van der Waals surface area (Å²) in [6, 6.07) is 17.3. The van der Waals surface area contributed by atoms with Crippen molar-refractivity contribution in [1.29, 1.82) is 0 Å². The van der Waals surface area contributed by atoms with Gasteiger partial charge in [-0.3, -0.25) is 0 Å². The van der Waals surface area contributed by atoms with E-state index in [4.69, 9.17) is 4.74 Å². The molecule has 0 heterocycles. The molecule has 15 heavy (non-hydrogen) atoms. The number of ether oxygens (including phenoxy) is 1. The summed E-state index contributed by atoms with van der Waals surface area (Å²) in [7, 11) is 0. The predicted octanol–water partition coefficient (Wildman–Crippen LogP) is 0.884. The molecule has 0 aliphatic rings. The van der Waals surface area contributed by atoms with Crippen molar-refractivity contribution in [2.75, 3.05) is 0 Å². The molecule has 0 spiro atoms. The zero-order chi connectivity index (χ0) is 9.80. The summed E-state index contributed by atoms with van der Waals surface area (Å²) in [4.78, 5) is 0.936. The van der Waals surface area contributed by atoms with Crippen LogP contribution in [0.5, 0.6) is 11.5 Å². The van der Waals surface area contributed by atoms with E-state index in [9.17, 15) is 0 Å². The van der Waals surface area contributed by atoms with Gasteiger partial charge in [-0.05, 0) is 36.4 Å². The molecule has 0 fully saturated rings. The number of hydrogen-bond acceptors (Lipinski definition) is 2. The van der Waals surface area contributed by atoms with Gasteiger partial charge in [0.1, 0.15) is 11.5 Å². The number of hydrogen-bond donors (Lipinski definition) is 1. The average molecular weight is 210 g/mol. The molecule has 2 aromatic rings. The Morgan fingerprint density at radius 2 is 1.33 bits per heavy atom. The van der Waals surface area contributed by atoms with Gasteiger partial charge < -0.3 is 6.16 Å². The molecule has 0 bridgehead atoms. The van der Waals surface area contributed by atoms with Crippen LogP contribution in [0.1, 0.15) is 1.43 Å². The first-order valence-corrected chi connectivity index (χ1v) is 4.81. The zero-order valence-electron chi connectivity index (χ0n) is 9.55. The fourth-order valence-corrected chi connectivity index (χ4v) is 1.29. The summed E-state index contributed by atoms with van der Waals surface area (Å²) in [5, 5.41) is 0. The van der Waals surface area contributed by atoms with Crippen molar-refractivity contribution >= 4 is 12.6 Å². The summed E-state index contributed by atoms with van der Waals surface area (Å²) < 4.78 is 5.60. The maximum Gasteiger partial charge on any atom is 1.00 e. The monoisotopic (exact) mass is 210 g/mol. The smallest absolute Gasteiger partial charge is 1.00 e. The molecule has 0 saturated heterocycles. The van der Waals surface area contributed by atoms with Crippen molar-refractivity contribution in [3.63, 3.8) is 0 Å². The second kappa shape index (κ2) is 5.92. The van der Waals surface area contributed by atoms with E-state index in [0.29, 0.717) is 0 Å². The Balaban J connectivity index is 0.00000112. The van der Waals surface area contributed by atoms with E-state index in [1.165, 1.54) is 0 Å². The van der Waals surface area contributed by atoms with Crippen molar-refractivity contribution < 1.29 is 25.0 Å². The molecule has 72 valence electrons. The van der Waals surface area contributed by atoms with E-state index in [0.717, 1.165) is 16.4 Å². The van der Waals surface area contributed by atoms with Crippen molar-refractivity contribution in [3.8, 4) is 11.5 Å². The number of benzene rings is 2. The van der Waals surface area contributed by atoms with E-state index >= 15 is 0 Å². The molecular weight excluding hydrogens is 199 g/mol. The molecule has 0 aliphatic carbocycles. The van der Waals surface area contributed by atoms with Gasteiger partial charge in [0.25, 0.3) is 0 Å². The summed E-state index contributed by atoms with van der Waals surface area (Å²) in [5.41, 5.74) is 0. The Hall–Kier alpha value is -0.813. The predicted molar refractivity (Wildman–Crippen MR) is 61.3 cm³/mol. The van der Waals surface area contributed by atoms with E-state index in [2.05, 4.69) is 12.6 Å². The fraction of sp³-hybridized carbons (Fsp3) is 0. The van der Waals surface area contributed by atoms with Crippen LogP contribution in [0.25, 0.3) is 0 Å². The van der Waals surface area contributed by atoms with Gasteiger partial charge >= 0.3 is 18.9 Å². The molecule has 0 aliphatic heterocycles. The Kier molecular flexibility index (Phi) is 4.84. The van der Waals surface area contributed by atoms with Crippen LogP contribution in [0.3, 0.4) is 0 Å². The average Bonchev–Trinajstić information content (AvgIpc) is 2.23. The SMILES string of the molecule is Sc1ccc(Oc2ccccc2)cc1.[H-].[Li+]. The molecular formula is C12H11LiOS. The minimum Gasteiger partial charge on any atom is -1.00 e. The van der Waals surface area contributed by atoms with E-state index < -0.39 is 0 Å². The molecule has 0 aromatic heterocycles. The Labute approximate surface area is 109 Å². The van der Waals surface area contributed by atoms with Gasteiger partial charge in [0.15, 0.2) is 0 Å². The molecule has 0 radical (unpaired) electrons. The van der Waals surface area contributed by atoms with Gasteiger partial charge in [-0.15, -0.1) is 12.6 Å². The first kappa shape index (κ1) is 12.3. The molecule has 1 nitrogen and oxygen atoms in total.